The van der Waals surface area contributed by atoms with Crippen LogP contribution in [0.3, 0.4) is 0 Å². The highest BCUT2D eigenvalue weighted by atomic mass is 19.1. The summed E-state index contributed by atoms with van der Waals surface area (Å²) in [4.78, 5) is 23.4. The molecule has 0 fully saturated rings. The van der Waals surface area contributed by atoms with Gasteiger partial charge in [-0.25, -0.2) is 4.39 Å². The van der Waals surface area contributed by atoms with E-state index in [2.05, 4.69) is 10.6 Å². The van der Waals surface area contributed by atoms with Gasteiger partial charge in [-0.3, -0.25) is 9.59 Å². The van der Waals surface area contributed by atoms with Gasteiger partial charge in [0.15, 0.2) is 0 Å². The number of nitrogens with one attached hydrogen (secondary N) is 2. The van der Waals surface area contributed by atoms with Crippen LogP contribution in [-0.2, 0) is 16.0 Å². The van der Waals surface area contributed by atoms with E-state index in [1.54, 1.807) is 0 Å². The van der Waals surface area contributed by atoms with Crippen LogP contribution in [0.25, 0.3) is 0 Å². The van der Waals surface area contributed by atoms with Crippen molar-refractivity contribution in [1.29, 1.82) is 0 Å². The van der Waals surface area contributed by atoms with Crippen molar-refractivity contribution in [2.75, 3.05) is 11.9 Å². The van der Waals surface area contributed by atoms with E-state index in [0.29, 0.717) is 12.2 Å². The maximum Gasteiger partial charge on any atom is 0.224 e. The van der Waals surface area contributed by atoms with Crippen LogP contribution in [0.1, 0.15) is 18.4 Å². The maximum atomic E-state index is 12.8. The Labute approximate surface area is 134 Å². The van der Waals surface area contributed by atoms with Gasteiger partial charge in [-0.05, 0) is 36.2 Å². The quantitative estimate of drug-likeness (QED) is 0.825. The van der Waals surface area contributed by atoms with Crippen molar-refractivity contribution in [3.05, 3.63) is 66.0 Å². The molecular formula is C18H19FN2O2. The third kappa shape index (κ3) is 6.30. The molecule has 2 rings (SSSR count). The van der Waals surface area contributed by atoms with Crippen molar-refractivity contribution in [3.63, 3.8) is 0 Å². The summed E-state index contributed by atoms with van der Waals surface area (Å²) in [6.45, 7) is 0.544. The summed E-state index contributed by atoms with van der Waals surface area (Å²) in [6.07, 6.45) is 0.977. The first-order valence-electron chi connectivity index (χ1n) is 7.49. The molecule has 0 unspecified atom stereocenters. The molecule has 0 saturated heterocycles. The zero-order chi connectivity index (χ0) is 16.5. The van der Waals surface area contributed by atoms with E-state index in [1.807, 2.05) is 30.3 Å². The van der Waals surface area contributed by atoms with E-state index >= 15 is 0 Å². The van der Waals surface area contributed by atoms with Crippen molar-refractivity contribution in [2.24, 2.45) is 0 Å². The SMILES string of the molecule is O=C(CCC(=O)Nc1ccc(F)cc1)NCCc1ccccc1. The van der Waals surface area contributed by atoms with E-state index in [1.165, 1.54) is 24.3 Å². The van der Waals surface area contributed by atoms with Gasteiger partial charge in [-0.1, -0.05) is 30.3 Å². The first kappa shape index (κ1) is 16.7. The molecule has 23 heavy (non-hydrogen) atoms. The summed E-state index contributed by atoms with van der Waals surface area (Å²) >= 11 is 0. The lowest BCUT2D eigenvalue weighted by Crippen LogP contribution is -2.26. The Morgan fingerprint density at radius 3 is 2.22 bits per heavy atom. The molecule has 2 aromatic carbocycles. The molecule has 5 heteroatoms. The molecule has 120 valence electrons. The third-order valence-electron chi connectivity index (χ3n) is 3.29. The van der Waals surface area contributed by atoms with Crippen LogP contribution in [0.15, 0.2) is 54.6 Å². The molecule has 0 bridgehead atoms. The number of anilines is 1. The molecule has 2 amide bonds. The fraction of sp³-hybridized carbons (Fsp3) is 0.222. The summed E-state index contributed by atoms with van der Waals surface area (Å²) in [5.74, 6) is -0.786. The molecule has 0 atom stereocenters. The highest BCUT2D eigenvalue weighted by molar-refractivity contribution is 5.93. The number of rotatable bonds is 7. The van der Waals surface area contributed by atoms with Crippen molar-refractivity contribution in [2.45, 2.75) is 19.3 Å². The normalized spacial score (nSPS) is 10.1. The molecule has 4 nitrogen and oxygen atoms in total. The molecule has 0 aromatic heterocycles. The van der Waals surface area contributed by atoms with Crippen LogP contribution in [0.4, 0.5) is 10.1 Å². The highest BCUT2D eigenvalue weighted by Crippen LogP contribution is 2.08. The van der Waals surface area contributed by atoms with Gasteiger partial charge >= 0.3 is 0 Å². The Kier molecular flexibility index (Phi) is 6.29. The molecule has 0 aliphatic rings. The number of benzene rings is 2. The van der Waals surface area contributed by atoms with E-state index in [-0.39, 0.29) is 30.5 Å². The third-order valence-corrected chi connectivity index (χ3v) is 3.29. The Morgan fingerprint density at radius 1 is 0.870 bits per heavy atom. The van der Waals surface area contributed by atoms with Crippen LogP contribution in [-0.4, -0.2) is 18.4 Å². The highest BCUT2D eigenvalue weighted by Gasteiger charge is 2.07. The van der Waals surface area contributed by atoms with Crippen LogP contribution >= 0.6 is 0 Å². The maximum absolute atomic E-state index is 12.8. The Balaban J connectivity index is 1.63. The smallest absolute Gasteiger partial charge is 0.224 e. The monoisotopic (exact) mass is 314 g/mol. The summed E-state index contributed by atoms with van der Waals surface area (Å²) in [7, 11) is 0. The summed E-state index contributed by atoms with van der Waals surface area (Å²) in [5, 5.41) is 5.41. The molecule has 0 heterocycles. The molecule has 0 spiro atoms. The van der Waals surface area contributed by atoms with Crippen LogP contribution in [0.5, 0.6) is 0 Å². The van der Waals surface area contributed by atoms with E-state index in [0.717, 1.165) is 12.0 Å². The van der Waals surface area contributed by atoms with Gasteiger partial charge < -0.3 is 10.6 Å². The topological polar surface area (TPSA) is 58.2 Å². The molecule has 0 saturated carbocycles. The first-order chi connectivity index (χ1) is 11.1. The predicted molar refractivity (Wildman–Crippen MR) is 87.4 cm³/mol. The Morgan fingerprint density at radius 2 is 1.52 bits per heavy atom. The van der Waals surface area contributed by atoms with Crippen molar-refractivity contribution >= 4 is 17.5 Å². The zero-order valence-corrected chi connectivity index (χ0v) is 12.7. The van der Waals surface area contributed by atoms with Gasteiger partial charge in [0.25, 0.3) is 0 Å². The lowest BCUT2D eigenvalue weighted by atomic mass is 10.1. The Bertz CT molecular complexity index is 642. The molecule has 0 aliphatic carbocycles. The largest absolute Gasteiger partial charge is 0.356 e. The fourth-order valence-electron chi connectivity index (χ4n) is 2.06. The van der Waals surface area contributed by atoms with Gasteiger partial charge in [-0.2, -0.15) is 0 Å². The number of hydrogen-bond donors (Lipinski definition) is 2. The van der Waals surface area contributed by atoms with Crippen molar-refractivity contribution in [3.8, 4) is 0 Å². The minimum Gasteiger partial charge on any atom is -0.356 e. The molecule has 0 aliphatic heterocycles. The van der Waals surface area contributed by atoms with Crippen LogP contribution in [0, 0.1) is 5.82 Å². The standard InChI is InChI=1S/C18H19FN2O2/c19-15-6-8-16(9-7-15)21-18(23)11-10-17(22)20-13-12-14-4-2-1-3-5-14/h1-9H,10-13H2,(H,20,22)(H,21,23). The fourth-order valence-corrected chi connectivity index (χ4v) is 2.06. The minimum absolute atomic E-state index is 0.0918. The second-order valence-electron chi connectivity index (χ2n) is 5.14. The van der Waals surface area contributed by atoms with E-state index < -0.39 is 0 Å². The molecule has 2 N–H and O–H groups in total. The summed E-state index contributed by atoms with van der Waals surface area (Å²) in [6, 6.07) is 15.4. The van der Waals surface area contributed by atoms with Gasteiger partial charge in [-0.15, -0.1) is 0 Å². The number of carbonyl (C=O) groups is 2. The molecular weight excluding hydrogens is 295 g/mol. The first-order valence-corrected chi connectivity index (χ1v) is 7.49. The molecule has 0 radical (unpaired) electrons. The van der Waals surface area contributed by atoms with Crippen LogP contribution in [0.2, 0.25) is 0 Å². The lowest BCUT2D eigenvalue weighted by Gasteiger charge is -2.06. The van der Waals surface area contributed by atoms with Crippen LogP contribution < -0.4 is 10.6 Å². The van der Waals surface area contributed by atoms with Gasteiger partial charge in [0.1, 0.15) is 5.82 Å². The van der Waals surface area contributed by atoms with Crippen molar-refractivity contribution < 1.29 is 14.0 Å². The van der Waals surface area contributed by atoms with E-state index in [9.17, 15) is 14.0 Å². The lowest BCUT2D eigenvalue weighted by molar-refractivity contribution is -0.124. The van der Waals surface area contributed by atoms with Crippen molar-refractivity contribution in [1.82, 2.24) is 5.32 Å². The average molecular weight is 314 g/mol. The predicted octanol–water partition coefficient (Wildman–Crippen LogP) is 2.90. The number of amides is 2. The Hall–Kier alpha value is -2.69. The van der Waals surface area contributed by atoms with E-state index in [4.69, 9.17) is 0 Å². The second-order valence-corrected chi connectivity index (χ2v) is 5.14. The number of carbonyl (C=O) groups excluding carboxylic acids is 2. The average Bonchev–Trinajstić information content (AvgIpc) is 2.56. The number of hydrogen-bond acceptors (Lipinski definition) is 2. The van der Waals surface area contributed by atoms with Gasteiger partial charge in [0, 0.05) is 25.1 Å². The zero-order valence-electron chi connectivity index (χ0n) is 12.7. The summed E-state index contributed by atoms with van der Waals surface area (Å²) < 4.78 is 12.8. The minimum atomic E-state index is -0.360. The molecule has 2 aromatic rings. The van der Waals surface area contributed by atoms with Gasteiger partial charge in [0.2, 0.25) is 11.8 Å². The summed E-state index contributed by atoms with van der Waals surface area (Å²) in [5.41, 5.74) is 1.67. The second kappa shape index (κ2) is 8.68. The number of halogens is 1. The van der Waals surface area contributed by atoms with Gasteiger partial charge in [0.05, 0.1) is 0 Å².